The van der Waals surface area contributed by atoms with Crippen LogP contribution in [0.25, 0.3) is 0 Å². The van der Waals surface area contributed by atoms with Gasteiger partial charge in [-0.3, -0.25) is 9.59 Å². The largest absolute Gasteiger partial charge is 0.295 e. The van der Waals surface area contributed by atoms with E-state index >= 15 is 0 Å². The molecule has 2 heteroatoms. The first-order chi connectivity index (χ1) is 11.8. The SMILES string of the molecule is C=C[C@@H](C)C1CCC2C3CC(=O)C4=CC(=O)CCC4(C)C3CCC21C. The standard InChI is InChI=1S/C23H32O2/c1-5-14(2)17-6-7-18-16-13-21(25)20-12-15(24)8-10-23(20,4)19(16)9-11-22(17,18)3/h5,12,14,16-19H,1,6-11,13H2,2-4H3/t14-,16?,17?,18?,19?,22?,23?/m1/s1. The Kier molecular flexibility index (Phi) is 3.90. The van der Waals surface area contributed by atoms with Gasteiger partial charge in [-0.2, -0.15) is 0 Å². The first-order valence-electron chi connectivity index (χ1n) is 10.2. The van der Waals surface area contributed by atoms with E-state index in [9.17, 15) is 9.59 Å². The lowest BCUT2D eigenvalue weighted by Crippen LogP contribution is -2.53. The molecule has 25 heavy (non-hydrogen) atoms. The molecule has 136 valence electrons. The van der Waals surface area contributed by atoms with Crippen LogP contribution >= 0.6 is 0 Å². The minimum atomic E-state index is -0.0582. The van der Waals surface area contributed by atoms with Crippen molar-refractivity contribution in [2.24, 2.45) is 40.4 Å². The Morgan fingerprint density at radius 2 is 1.92 bits per heavy atom. The predicted molar refractivity (Wildman–Crippen MR) is 100.0 cm³/mol. The van der Waals surface area contributed by atoms with Gasteiger partial charge < -0.3 is 0 Å². The minimum absolute atomic E-state index is 0.0582. The van der Waals surface area contributed by atoms with E-state index in [1.807, 2.05) is 0 Å². The van der Waals surface area contributed by atoms with Gasteiger partial charge in [0.2, 0.25) is 0 Å². The minimum Gasteiger partial charge on any atom is -0.295 e. The van der Waals surface area contributed by atoms with Gasteiger partial charge in [-0.05, 0) is 78.6 Å². The number of rotatable bonds is 2. The fraction of sp³-hybridized carbons (Fsp3) is 0.739. The molecule has 3 saturated carbocycles. The van der Waals surface area contributed by atoms with E-state index in [1.54, 1.807) is 6.08 Å². The first kappa shape index (κ1) is 17.2. The number of Topliss-reactive ketones (excluding diaryl/α,β-unsaturated/α-hetero) is 1. The average molecular weight is 341 g/mol. The normalized spacial score (nSPS) is 47.4. The van der Waals surface area contributed by atoms with Crippen LogP contribution in [0.4, 0.5) is 0 Å². The Morgan fingerprint density at radius 1 is 1.16 bits per heavy atom. The van der Waals surface area contributed by atoms with Gasteiger partial charge in [0.15, 0.2) is 11.6 Å². The molecule has 0 aliphatic heterocycles. The Hall–Kier alpha value is -1.18. The van der Waals surface area contributed by atoms with Crippen molar-refractivity contribution in [3.05, 3.63) is 24.3 Å². The lowest BCUT2D eigenvalue weighted by molar-refractivity contribution is -0.131. The molecule has 3 fully saturated rings. The first-order valence-corrected chi connectivity index (χ1v) is 10.2. The van der Waals surface area contributed by atoms with Crippen LogP contribution in [0.1, 0.15) is 65.7 Å². The van der Waals surface area contributed by atoms with E-state index in [4.69, 9.17) is 0 Å². The highest BCUT2D eigenvalue weighted by molar-refractivity contribution is 6.05. The molecule has 0 bridgehead atoms. The van der Waals surface area contributed by atoms with Gasteiger partial charge in [-0.15, -0.1) is 6.58 Å². The maximum atomic E-state index is 13.0. The summed E-state index contributed by atoms with van der Waals surface area (Å²) in [6.07, 6.45) is 11.0. The third-order valence-corrected chi connectivity index (χ3v) is 8.87. The van der Waals surface area contributed by atoms with Crippen molar-refractivity contribution in [2.45, 2.75) is 65.7 Å². The fourth-order valence-electron chi connectivity index (χ4n) is 7.46. The summed E-state index contributed by atoms with van der Waals surface area (Å²) in [5.74, 6) is 3.46. The zero-order valence-electron chi connectivity index (χ0n) is 16.0. The quantitative estimate of drug-likeness (QED) is 0.653. The van der Waals surface area contributed by atoms with E-state index < -0.39 is 0 Å². The van der Waals surface area contributed by atoms with E-state index in [0.717, 1.165) is 12.0 Å². The summed E-state index contributed by atoms with van der Waals surface area (Å²) < 4.78 is 0. The van der Waals surface area contributed by atoms with Crippen LogP contribution < -0.4 is 0 Å². The van der Waals surface area contributed by atoms with Crippen LogP contribution in [0.5, 0.6) is 0 Å². The van der Waals surface area contributed by atoms with Gasteiger partial charge in [-0.25, -0.2) is 0 Å². The monoisotopic (exact) mass is 340 g/mol. The molecule has 0 aromatic rings. The zero-order valence-corrected chi connectivity index (χ0v) is 16.0. The smallest absolute Gasteiger partial charge is 0.159 e. The molecule has 0 amide bonds. The summed E-state index contributed by atoms with van der Waals surface area (Å²) in [6.45, 7) is 11.1. The maximum absolute atomic E-state index is 13.0. The van der Waals surface area contributed by atoms with Gasteiger partial charge in [0.25, 0.3) is 0 Å². The summed E-state index contributed by atoms with van der Waals surface area (Å²) in [5.41, 5.74) is 1.16. The van der Waals surface area contributed by atoms with Crippen molar-refractivity contribution in [3.8, 4) is 0 Å². The summed E-state index contributed by atoms with van der Waals surface area (Å²) in [5, 5.41) is 0. The van der Waals surface area contributed by atoms with E-state index in [0.29, 0.717) is 47.8 Å². The Balaban J connectivity index is 1.70. The zero-order chi connectivity index (χ0) is 18.0. The van der Waals surface area contributed by atoms with Gasteiger partial charge in [0.1, 0.15) is 0 Å². The van der Waals surface area contributed by atoms with Crippen LogP contribution in [0.15, 0.2) is 24.3 Å². The molecule has 0 saturated heterocycles. The molecule has 0 heterocycles. The number of allylic oxidation sites excluding steroid dienone is 2. The van der Waals surface area contributed by atoms with Crippen molar-refractivity contribution in [1.29, 1.82) is 0 Å². The molecule has 0 radical (unpaired) electrons. The molecule has 6 unspecified atom stereocenters. The molecule has 0 aromatic heterocycles. The Bertz CT molecular complexity index is 659. The molecule has 7 atom stereocenters. The van der Waals surface area contributed by atoms with Gasteiger partial charge >= 0.3 is 0 Å². The summed E-state index contributed by atoms with van der Waals surface area (Å²) in [6, 6.07) is 0. The van der Waals surface area contributed by atoms with Gasteiger partial charge in [0.05, 0.1) is 0 Å². The molecule has 0 N–H and O–H groups in total. The second-order valence-electron chi connectivity index (χ2n) is 9.77. The molecule has 4 aliphatic carbocycles. The van der Waals surface area contributed by atoms with Crippen LogP contribution in [0.3, 0.4) is 0 Å². The van der Waals surface area contributed by atoms with Crippen LogP contribution in [0, 0.1) is 40.4 Å². The molecule has 4 aliphatic rings. The van der Waals surface area contributed by atoms with Crippen molar-refractivity contribution in [1.82, 2.24) is 0 Å². The second kappa shape index (κ2) is 5.66. The molecule has 2 nitrogen and oxygen atoms in total. The van der Waals surface area contributed by atoms with Crippen LogP contribution in [-0.2, 0) is 9.59 Å². The van der Waals surface area contributed by atoms with Crippen molar-refractivity contribution >= 4 is 11.6 Å². The predicted octanol–water partition coefficient (Wildman–Crippen LogP) is 5.14. The lowest BCUT2D eigenvalue weighted by atomic mass is 9.46. The van der Waals surface area contributed by atoms with Crippen molar-refractivity contribution in [3.63, 3.8) is 0 Å². The number of carbonyl (C=O) groups is 2. The van der Waals surface area contributed by atoms with Crippen LogP contribution in [0.2, 0.25) is 0 Å². The van der Waals surface area contributed by atoms with Gasteiger partial charge in [0, 0.05) is 18.4 Å². The van der Waals surface area contributed by atoms with Crippen LogP contribution in [-0.4, -0.2) is 11.6 Å². The van der Waals surface area contributed by atoms with E-state index in [-0.39, 0.29) is 17.0 Å². The topological polar surface area (TPSA) is 34.1 Å². The number of fused-ring (bicyclic) bond motifs is 5. The maximum Gasteiger partial charge on any atom is 0.159 e. The summed E-state index contributed by atoms with van der Waals surface area (Å²) in [4.78, 5) is 24.9. The fourth-order valence-corrected chi connectivity index (χ4v) is 7.46. The molecular weight excluding hydrogens is 308 g/mol. The summed E-state index contributed by atoms with van der Waals surface area (Å²) >= 11 is 0. The second-order valence-corrected chi connectivity index (χ2v) is 9.77. The van der Waals surface area contributed by atoms with E-state index in [2.05, 4.69) is 33.4 Å². The third kappa shape index (κ3) is 2.28. The number of hydrogen-bond acceptors (Lipinski definition) is 2. The molecule has 0 aromatic carbocycles. The summed E-state index contributed by atoms with van der Waals surface area (Å²) in [7, 11) is 0. The highest BCUT2D eigenvalue weighted by Crippen LogP contribution is 2.66. The molecule has 0 spiro atoms. The Morgan fingerprint density at radius 3 is 2.64 bits per heavy atom. The highest BCUT2D eigenvalue weighted by Gasteiger charge is 2.60. The molecular formula is C23H32O2. The third-order valence-electron chi connectivity index (χ3n) is 8.87. The Labute approximate surface area is 152 Å². The van der Waals surface area contributed by atoms with Crippen molar-refractivity contribution in [2.75, 3.05) is 0 Å². The number of hydrogen-bond donors (Lipinski definition) is 0. The lowest BCUT2D eigenvalue weighted by Gasteiger charge is -2.57. The molecule has 4 rings (SSSR count). The van der Waals surface area contributed by atoms with Gasteiger partial charge in [-0.1, -0.05) is 26.8 Å². The number of ketones is 2. The average Bonchev–Trinajstić information content (AvgIpc) is 2.93. The van der Waals surface area contributed by atoms with E-state index in [1.165, 1.54) is 25.7 Å². The van der Waals surface area contributed by atoms with Crippen molar-refractivity contribution < 1.29 is 9.59 Å². The highest BCUT2D eigenvalue weighted by atomic mass is 16.1. The number of carbonyl (C=O) groups excluding carboxylic acids is 2.